The molecule has 22 heavy (non-hydrogen) atoms. The molecule has 0 spiro atoms. The molecule has 1 fully saturated rings. The topological polar surface area (TPSA) is 38.8 Å². The molecule has 0 N–H and O–H groups in total. The molecule has 2 atom stereocenters. The van der Waals surface area contributed by atoms with Gasteiger partial charge < -0.3 is 14.4 Å². The van der Waals surface area contributed by atoms with Gasteiger partial charge in [-0.05, 0) is 30.9 Å². The first-order valence-electron chi connectivity index (χ1n) is 7.90. The normalized spacial score (nSPS) is 19.1. The Morgan fingerprint density at radius 2 is 2.18 bits per heavy atom. The molecule has 122 valence electrons. The van der Waals surface area contributed by atoms with Gasteiger partial charge in [0.15, 0.2) is 0 Å². The molecule has 1 aromatic rings. The van der Waals surface area contributed by atoms with E-state index in [1.807, 2.05) is 30.0 Å². The first-order chi connectivity index (χ1) is 10.7. The van der Waals surface area contributed by atoms with Gasteiger partial charge in [-0.1, -0.05) is 32.0 Å². The average Bonchev–Trinajstić information content (AvgIpc) is 3.07. The summed E-state index contributed by atoms with van der Waals surface area (Å²) in [5.41, 5.74) is 2.10. The van der Waals surface area contributed by atoms with Gasteiger partial charge in [-0.25, -0.2) is 0 Å². The van der Waals surface area contributed by atoms with Crippen LogP contribution in [0, 0.1) is 0 Å². The van der Waals surface area contributed by atoms with Gasteiger partial charge in [0.1, 0.15) is 12.2 Å². The van der Waals surface area contributed by atoms with Gasteiger partial charge in [-0.2, -0.15) is 0 Å². The van der Waals surface area contributed by atoms with Crippen LogP contribution in [0.3, 0.4) is 0 Å². The van der Waals surface area contributed by atoms with E-state index in [9.17, 15) is 4.79 Å². The van der Waals surface area contributed by atoms with Crippen LogP contribution in [0.2, 0.25) is 0 Å². The minimum Gasteiger partial charge on any atom is -0.353 e. The molecule has 1 amide bonds. The lowest BCUT2D eigenvalue weighted by molar-refractivity contribution is -0.118. The van der Waals surface area contributed by atoms with Crippen LogP contribution in [0.1, 0.15) is 32.3 Å². The molecule has 4 nitrogen and oxygen atoms in total. The summed E-state index contributed by atoms with van der Waals surface area (Å²) in [7, 11) is 0. The fourth-order valence-corrected chi connectivity index (χ4v) is 2.70. The number of hydrogen-bond donors (Lipinski definition) is 0. The molecule has 1 aromatic carbocycles. The van der Waals surface area contributed by atoms with Crippen molar-refractivity contribution in [3.8, 4) is 0 Å². The monoisotopic (exact) mass is 325 g/mol. The predicted molar refractivity (Wildman–Crippen MR) is 88.4 cm³/mol. The van der Waals surface area contributed by atoms with E-state index in [0.717, 1.165) is 24.1 Å². The van der Waals surface area contributed by atoms with Crippen molar-refractivity contribution < 1.29 is 14.3 Å². The summed E-state index contributed by atoms with van der Waals surface area (Å²) in [6, 6.07) is 8.00. The number of carbonyl (C=O) groups is 1. The number of para-hydroxylation sites is 1. The summed E-state index contributed by atoms with van der Waals surface area (Å²) in [6.45, 7) is 5.54. The summed E-state index contributed by atoms with van der Waals surface area (Å²) in [5, 5.41) is -0.495. The zero-order valence-electron chi connectivity index (χ0n) is 13.3. The summed E-state index contributed by atoms with van der Waals surface area (Å²) in [6.07, 6.45) is 2.30. The molecular formula is C17H24ClNO3. The number of amides is 1. The van der Waals surface area contributed by atoms with Crippen LogP contribution in [-0.4, -0.2) is 37.3 Å². The minimum absolute atomic E-state index is 0.0380. The number of carbonyl (C=O) groups excluding carboxylic acids is 1. The number of nitrogens with zero attached hydrogens (tertiary/aromatic N) is 1. The number of hydrogen-bond acceptors (Lipinski definition) is 3. The maximum absolute atomic E-state index is 12.7. The molecule has 0 bridgehead atoms. The van der Waals surface area contributed by atoms with E-state index in [1.54, 1.807) is 0 Å². The lowest BCUT2D eigenvalue weighted by Gasteiger charge is -2.27. The number of benzene rings is 1. The average molecular weight is 326 g/mol. The maximum Gasteiger partial charge on any atom is 0.245 e. The van der Waals surface area contributed by atoms with Crippen molar-refractivity contribution in [2.75, 3.05) is 24.8 Å². The number of halogens is 1. The van der Waals surface area contributed by atoms with Crippen molar-refractivity contribution in [3.05, 3.63) is 29.8 Å². The zero-order valence-corrected chi connectivity index (χ0v) is 14.0. The molecular weight excluding hydrogens is 302 g/mol. The Kier molecular flexibility index (Phi) is 6.68. The highest BCUT2D eigenvalue weighted by molar-refractivity contribution is 6.32. The first kappa shape index (κ1) is 17.3. The van der Waals surface area contributed by atoms with Gasteiger partial charge >= 0.3 is 0 Å². The number of rotatable bonds is 7. The number of aryl methyl sites for hydroxylation is 1. The molecule has 0 radical (unpaired) electrons. The van der Waals surface area contributed by atoms with Gasteiger partial charge in [0.05, 0.1) is 12.7 Å². The number of alkyl halides is 1. The van der Waals surface area contributed by atoms with Crippen LogP contribution in [0.15, 0.2) is 24.3 Å². The van der Waals surface area contributed by atoms with Gasteiger partial charge in [-0.15, -0.1) is 11.6 Å². The molecule has 2 rings (SSSR count). The third-order valence-corrected chi connectivity index (χ3v) is 4.42. The molecule has 1 heterocycles. The molecule has 0 saturated carbocycles. The van der Waals surface area contributed by atoms with Crippen LogP contribution in [0.25, 0.3) is 0 Å². The van der Waals surface area contributed by atoms with E-state index < -0.39 is 5.38 Å². The molecule has 1 aliphatic heterocycles. The second-order valence-corrected chi connectivity index (χ2v) is 5.94. The smallest absolute Gasteiger partial charge is 0.245 e. The lowest BCUT2D eigenvalue weighted by Crippen LogP contribution is -2.39. The summed E-state index contributed by atoms with van der Waals surface area (Å²) >= 11 is 6.20. The highest BCUT2D eigenvalue weighted by Gasteiger charge is 2.25. The highest BCUT2D eigenvalue weighted by Crippen LogP contribution is 2.24. The van der Waals surface area contributed by atoms with Gasteiger partial charge in [0.25, 0.3) is 0 Å². The second kappa shape index (κ2) is 8.51. The Bertz CT molecular complexity index is 489. The Balaban J connectivity index is 2.17. The van der Waals surface area contributed by atoms with Crippen molar-refractivity contribution in [1.29, 1.82) is 0 Å². The Hall–Kier alpha value is -1.10. The lowest BCUT2D eigenvalue weighted by atomic mass is 10.1. The van der Waals surface area contributed by atoms with Crippen molar-refractivity contribution >= 4 is 23.2 Å². The van der Waals surface area contributed by atoms with Crippen LogP contribution >= 0.6 is 11.6 Å². The van der Waals surface area contributed by atoms with E-state index >= 15 is 0 Å². The van der Waals surface area contributed by atoms with Crippen molar-refractivity contribution in [2.45, 2.75) is 44.6 Å². The van der Waals surface area contributed by atoms with E-state index in [2.05, 4.69) is 13.0 Å². The van der Waals surface area contributed by atoms with Crippen molar-refractivity contribution in [3.63, 3.8) is 0 Å². The molecule has 2 unspecified atom stereocenters. The molecule has 1 aliphatic rings. The van der Waals surface area contributed by atoms with Gasteiger partial charge in [-0.3, -0.25) is 4.79 Å². The van der Waals surface area contributed by atoms with E-state index in [0.29, 0.717) is 26.4 Å². The van der Waals surface area contributed by atoms with Crippen molar-refractivity contribution in [2.24, 2.45) is 0 Å². The van der Waals surface area contributed by atoms with Crippen LogP contribution in [-0.2, 0) is 20.7 Å². The van der Waals surface area contributed by atoms with E-state index in [-0.39, 0.29) is 12.0 Å². The molecule has 0 aliphatic carbocycles. The Labute approximate surface area is 137 Å². The minimum atomic E-state index is -0.495. The third kappa shape index (κ3) is 4.22. The van der Waals surface area contributed by atoms with Crippen LogP contribution in [0.5, 0.6) is 0 Å². The van der Waals surface area contributed by atoms with Crippen molar-refractivity contribution in [1.82, 2.24) is 0 Å². The Morgan fingerprint density at radius 1 is 1.41 bits per heavy atom. The quantitative estimate of drug-likeness (QED) is 0.722. The second-order valence-electron chi connectivity index (χ2n) is 5.41. The van der Waals surface area contributed by atoms with Gasteiger partial charge in [0.2, 0.25) is 5.91 Å². The molecule has 5 heteroatoms. The Morgan fingerprint density at radius 3 is 2.82 bits per heavy atom. The maximum atomic E-state index is 12.7. The van der Waals surface area contributed by atoms with E-state index in [4.69, 9.17) is 21.1 Å². The van der Waals surface area contributed by atoms with Gasteiger partial charge in [0, 0.05) is 12.2 Å². The SMILES string of the molecule is CCc1ccccc1N(CCC1COCO1)C(=O)C(Cl)CC. The largest absolute Gasteiger partial charge is 0.353 e. The third-order valence-electron chi connectivity index (χ3n) is 3.92. The predicted octanol–water partition coefficient (Wildman–Crippen LogP) is 3.36. The van der Waals surface area contributed by atoms with E-state index in [1.165, 1.54) is 0 Å². The summed E-state index contributed by atoms with van der Waals surface area (Å²) in [4.78, 5) is 14.5. The standard InChI is InChI=1S/C17H24ClNO3/c1-3-13-7-5-6-8-16(13)19(17(20)15(18)4-2)10-9-14-11-21-12-22-14/h5-8,14-15H,3-4,9-12H2,1-2H3. The fourth-order valence-electron chi connectivity index (χ4n) is 2.58. The fraction of sp³-hybridized carbons (Fsp3) is 0.588. The first-order valence-corrected chi connectivity index (χ1v) is 8.33. The molecule has 1 saturated heterocycles. The number of ether oxygens (including phenoxy) is 2. The number of anilines is 1. The zero-order chi connectivity index (χ0) is 15.9. The summed E-state index contributed by atoms with van der Waals surface area (Å²) < 4.78 is 10.7. The van der Waals surface area contributed by atoms with Crippen LogP contribution < -0.4 is 4.90 Å². The molecule has 0 aromatic heterocycles. The summed E-state index contributed by atoms with van der Waals surface area (Å²) in [5.74, 6) is -0.0380. The van der Waals surface area contributed by atoms with Crippen LogP contribution in [0.4, 0.5) is 5.69 Å². The highest BCUT2D eigenvalue weighted by atomic mass is 35.5.